The van der Waals surface area contributed by atoms with Crippen molar-refractivity contribution < 1.29 is 8.78 Å². The van der Waals surface area contributed by atoms with Crippen molar-refractivity contribution >= 4 is 11.6 Å². The van der Waals surface area contributed by atoms with Gasteiger partial charge >= 0.3 is 0 Å². The molecule has 0 spiro atoms. The molecule has 1 aliphatic rings. The molecular weight excluding hydrogens is 330 g/mol. The maximum absolute atomic E-state index is 13.3. The Labute approximate surface area is 146 Å². The van der Waals surface area contributed by atoms with Crippen molar-refractivity contribution in [2.75, 3.05) is 38.6 Å². The van der Waals surface area contributed by atoms with E-state index in [0.717, 1.165) is 43.9 Å². The van der Waals surface area contributed by atoms with Crippen molar-refractivity contribution in [1.82, 2.24) is 9.80 Å². The molecule has 0 atom stereocenters. The van der Waals surface area contributed by atoms with Crippen LogP contribution in [-0.2, 0) is 0 Å². The number of benzene rings is 2. The van der Waals surface area contributed by atoms with E-state index < -0.39 is 0 Å². The summed E-state index contributed by atoms with van der Waals surface area (Å²) >= 11 is 5.83. The lowest BCUT2D eigenvalue weighted by Gasteiger charge is -2.39. The summed E-state index contributed by atoms with van der Waals surface area (Å²) in [7, 11) is 0. The van der Waals surface area contributed by atoms with Crippen molar-refractivity contribution in [3.8, 4) is 0 Å². The Morgan fingerprint density at radius 1 is 0.792 bits per heavy atom. The minimum atomic E-state index is -0.247. The first-order valence-corrected chi connectivity index (χ1v) is 8.74. The molecule has 2 aromatic rings. The van der Waals surface area contributed by atoms with Gasteiger partial charge in [0.15, 0.2) is 0 Å². The van der Waals surface area contributed by atoms with Crippen molar-refractivity contribution in [2.24, 2.45) is 0 Å². The molecule has 0 aliphatic carbocycles. The molecule has 1 saturated heterocycles. The number of hydrogen-bond acceptors (Lipinski definition) is 2. The molecule has 2 nitrogen and oxygen atoms in total. The molecule has 2 aromatic carbocycles. The summed E-state index contributed by atoms with van der Waals surface area (Å²) in [5.41, 5.74) is 2.04. The number of nitrogens with zero attached hydrogens (tertiary/aromatic N) is 2. The molecule has 1 fully saturated rings. The molecule has 3 rings (SSSR count). The van der Waals surface area contributed by atoms with Gasteiger partial charge in [-0.25, -0.2) is 8.78 Å². The molecule has 0 aromatic heterocycles. The fourth-order valence-electron chi connectivity index (χ4n) is 3.27. The van der Waals surface area contributed by atoms with Crippen LogP contribution in [-0.4, -0.2) is 48.4 Å². The first-order valence-electron chi connectivity index (χ1n) is 8.20. The molecule has 0 amide bonds. The van der Waals surface area contributed by atoms with E-state index in [0.29, 0.717) is 5.88 Å². The highest BCUT2D eigenvalue weighted by Gasteiger charge is 2.26. The summed E-state index contributed by atoms with van der Waals surface area (Å²) in [5, 5.41) is 0. The van der Waals surface area contributed by atoms with Gasteiger partial charge in [0.05, 0.1) is 6.04 Å². The third kappa shape index (κ3) is 4.12. The topological polar surface area (TPSA) is 6.48 Å². The highest BCUT2D eigenvalue weighted by molar-refractivity contribution is 6.18. The van der Waals surface area contributed by atoms with Crippen LogP contribution in [0.2, 0.25) is 0 Å². The molecule has 0 unspecified atom stereocenters. The predicted octanol–water partition coefficient (Wildman–Crippen LogP) is 3.91. The third-order valence-electron chi connectivity index (χ3n) is 4.54. The SMILES string of the molecule is Fc1ccc(C(c2ccc(F)cc2)N2CCN(CCCl)CC2)cc1. The number of hydrogen-bond donors (Lipinski definition) is 0. The second-order valence-electron chi connectivity index (χ2n) is 6.07. The molecule has 0 N–H and O–H groups in total. The number of alkyl halides is 1. The van der Waals surface area contributed by atoms with Gasteiger partial charge in [-0.3, -0.25) is 9.80 Å². The van der Waals surface area contributed by atoms with Crippen molar-refractivity contribution in [2.45, 2.75) is 6.04 Å². The molecule has 1 aliphatic heterocycles. The number of piperazine rings is 1. The Morgan fingerprint density at radius 2 is 1.25 bits per heavy atom. The van der Waals surface area contributed by atoms with E-state index in [1.54, 1.807) is 0 Å². The molecule has 1 heterocycles. The van der Waals surface area contributed by atoms with Crippen LogP contribution >= 0.6 is 11.6 Å². The minimum absolute atomic E-state index is 0.00403. The van der Waals surface area contributed by atoms with Gasteiger partial charge in [-0.2, -0.15) is 0 Å². The monoisotopic (exact) mass is 350 g/mol. The van der Waals surface area contributed by atoms with E-state index in [2.05, 4.69) is 9.80 Å². The molecule has 0 saturated carbocycles. The van der Waals surface area contributed by atoms with Crippen LogP contribution in [0.4, 0.5) is 8.78 Å². The Balaban J connectivity index is 1.85. The average molecular weight is 351 g/mol. The van der Waals surface area contributed by atoms with Gasteiger partial charge in [0, 0.05) is 38.6 Å². The first kappa shape index (κ1) is 17.3. The van der Waals surface area contributed by atoms with Gasteiger partial charge in [-0.15, -0.1) is 11.6 Å². The lowest BCUT2D eigenvalue weighted by Crippen LogP contribution is -2.48. The normalized spacial score (nSPS) is 16.7. The molecular formula is C19H21ClF2N2. The second-order valence-corrected chi connectivity index (χ2v) is 6.45. The highest BCUT2D eigenvalue weighted by atomic mass is 35.5. The van der Waals surface area contributed by atoms with Gasteiger partial charge in [-0.05, 0) is 35.4 Å². The summed E-state index contributed by atoms with van der Waals surface area (Å²) in [4.78, 5) is 4.71. The zero-order valence-electron chi connectivity index (χ0n) is 13.5. The van der Waals surface area contributed by atoms with Crippen molar-refractivity contribution in [3.63, 3.8) is 0 Å². The van der Waals surface area contributed by atoms with E-state index in [9.17, 15) is 8.78 Å². The van der Waals surface area contributed by atoms with Gasteiger partial charge in [0.2, 0.25) is 0 Å². The standard InChI is InChI=1S/C19H21ClF2N2/c20-9-10-23-11-13-24(14-12-23)19(15-1-5-17(21)6-2-15)16-3-7-18(22)8-4-16/h1-8,19H,9-14H2. The first-order chi connectivity index (χ1) is 11.7. The summed E-state index contributed by atoms with van der Waals surface area (Å²) < 4.78 is 26.6. The van der Waals surface area contributed by atoms with Crippen LogP contribution in [0.5, 0.6) is 0 Å². The van der Waals surface area contributed by atoms with Crippen molar-refractivity contribution in [3.05, 3.63) is 71.3 Å². The van der Waals surface area contributed by atoms with Gasteiger partial charge in [0.25, 0.3) is 0 Å². The van der Waals surface area contributed by atoms with Crippen molar-refractivity contribution in [1.29, 1.82) is 0 Å². The predicted molar refractivity (Wildman–Crippen MR) is 93.4 cm³/mol. The molecule has 5 heteroatoms. The van der Waals surface area contributed by atoms with Crippen LogP contribution in [0.1, 0.15) is 17.2 Å². The number of halogens is 3. The summed E-state index contributed by atoms with van der Waals surface area (Å²) in [6.45, 7) is 4.59. The number of rotatable bonds is 5. The summed E-state index contributed by atoms with van der Waals surface area (Å²) in [6, 6.07) is 13.2. The minimum Gasteiger partial charge on any atom is -0.300 e. The third-order valence-corrected chi connectivity index (χ3v) is 4.71. The molecule has 128 valence electrons. The molecule has 0 radical (unpaired) electrons. The fourth-order valence-corrected chi connectivity index (χ4v) is 3.51. The highest BCUT2D eigenvalue weighted by Crippen LogP contribution is 2.30. The van der Waals surface area contributed by atoms with Crippen LogP contribution in [0, 0.1) is 11.6 Å². The Kier molecular flexibility index (Phi) is 5.82. The van der Waals surface area contributed by atoms with Gasteiger partial charge in [0.1, 0.15) is 11.6 Å². The second kappa shape index (κ2) is 8.06. The maximum Gasteiger partial charge on any atom is 0.123 e. The van der Waals surface area contributed by atoms with E-state index in [4.69, 9.17) is 11.6 Å². The van der Waals surface area contributed by atoms with E-state index in [-0.39, 0.29) is 17.7 Å². The molecule has 0 bridgehead atoms. The zero-order chi connectivity index (χ0) is 16.9. The van der Waals surface area contributed by atoms with Crippen LogP contribution in [0.3, 0.4) is 0 Å². The van der Waals surface area contributed by atoms with Crippen LogP contribution in [0.15, 0.2) is 48.5 Å². The van der Waals surface area contributed by atoms with Gasteiger partial charge in [-0.1, -0.05) is 24.3 Å². The van der Waals surface area contributed by atoms with E-state index in [1.807, 2.05) is 24.3 Å². The molecule has 24 heavy (non-hydrogen) atoms. The Hall–Kier alpha value is -1.49. The zero-order valence-corrected chi connectivity index (χ0v) is 14.2. The van der Waals surface area contributed by atoms with Gasteiger partial charge < -0.3 is 0 Å². The largest absolute Gasteiger partial charge is 0.300 e. The van der Waals surface area contributed by atoms with Crippen LogP contribution < -0.4 is 0 Å². The average Bonchev–Trinajstić information content (AvgIpc) is 2.60. The quantitative estimate of drug-likeness (QED) is 0.754. The smallest absolute Gasteiger partial charge is 0.123 e. The lowest BCUT2D eigenvalue weighted by atomic mass is 9.96. The Morgan fingerprint density at radius 3 is 1.67 bits per heavy atom. The fraction of sp³-hybridized carbons (Fsp3) is 0.368. The summed E-state index contributed by atoms with van der Waals surface area (Å²) in [6.07, 6.45) is 0. The van der Waals surface area contributed by atoms with Crippen LogP contribution in [0.25, 0.3) is 0 Å². The maximum atomic E-state index is 13.3. The Bertz CT molecular complexity index is 592. The van der Waals surface area contributed by atoms with E-state index >= 15 is 0 Å². The summed E-state index contributed by atoms with van der Waals surface area (Å²) in [5.74, 6) is 0.145. The van der Waals surface area contributed by atoms with E-state index in [1.165, 1.54) is 24.3 Å². The lowest BCUT2D eigenvalue weighted by molar-refractivity contribution is 0.114.